The van der Waals surface area contributed by atoms with E-state index in [2.05, 4.69) is 5.92 Å². The molecule has 0 saturated carbocycles. The van der Waals surface area contributed by atoms with Crippen molar-refractivity contribution >= 4 is 12.3 Å². The molecule has 0 aromatic heterocycles. The first kappa shape index (κ1) is 19.2. The Balaban J connectivity index is 2.51. The van der Waals surface area contributed by atoms with Gasteiger partial charge in [-0.1, -0.05) is 5.92 Å². The highest BCUT2D eigenvalue weighted by Crippen LogP contribution is 2.22. The van der Waals surface area contributed by atoms with E-state index < -0.39 is 0 Å². The van der Waals surface area contributed by atoms with Crippen LogP contribution in [0.1, 0.15) is 12.8 Å². The van der Waals surface area contributed by atoms with Gasteiger partial charge in [-0.3, -0.25) is 14.5 Å². The smallest absolute Gasteiger partial charge is 0.248 e. The highest BCUT2D eigenvalue weighted by atomic mass is 16.5. The molecule has 1 rings (SSSR count). The Morgan fingerprint density at radius 3 is 2.78 bits per heavy atom. The summed E-state index contributed by atoms with van der Waals surface area (Å²) in [4.78, 5) is 27.7. The van der Waals surface area contributed by atoms with E-state index >= 15 is 0 Å². The van der Waals surface area contributed by atoms with E-state index in [1.54, 1.807) is 7.05 Å². The topological polar surface area (TPSA) is 73.3 Å². The number of hydrogen-bond donors (Lipinski definition) is 1. The predicted octanol–water partition coefficient (Wildman–Crippen LogP) is -0.521. The molecule has 23 heavy (non-hydrogen) atoms. The lowest BCUT2D eigenvalue weighted by atomic mass is 10.2. The average Bonchev–Trinajstić information content (AvgIpc) is 2.96. The maximum absolute atomic E-state index is 11.8. The zero-order valence-electron chi connectivity index (χ0n) is 13.7. The van der Waals surface area contributed by atoms with Gasteiger partial charge >= 0.3 is 0 Å². The third-order valence-corrected chi connectivity index (χ3v) is 3.63. The number of rotatable bonds is 9. The second-order valence-electron chi connectivity index (χ2n) is 5.54. The van der Waals surface area contributed by atoms with Crippen molar-refractivity contribution in [1.82, 2.24) is 14.7 Å². The maximum atomic E-state index is 11.8. The summed E-state index contributed by atoms with van der Waals surface area (Å²) in [6.45, 7) is 1.59. The van der Waals surface area contributed by atoms with Gasteiger partial charge in [0.15, 0.2) is 0 Å². The minimum absolute atomic E-state index is 0.00668. The maximum Gasteiger partial charge on any atom is 0.248 e. The Labute approximate surface area is 137 Å². The van der Waals surface area contributed by atoms with Gasteiger partial charge in [0, 0.05) is 32.4 Å². The molecule has 2 atom stereocenters. The van der Waals surface area contributed by atoms with Crippen LogP contribution < -0.4 is 0 Å². The van der Waals surface area contributed by atoms with Gasteiger partial charge in [0.05, 0.1) is 19.3 Å². The molecular formula is C16H25N3O4. The van der Waals surface area contributed by atoms with Crippen LogP contribution in [0.2, 0.25) is 0 Å². The van der Waals surface area contributed by atoms with Gasteiger partial charge < -0.3 is 19.6 Å². The van der Waals surface area contributed by atoms with Crippen molar-refractivity contribution < 1.29 is 19.4 Å². The minimum atomic E-state index is -0.373. The van der Waals surface area contributed by atoms with Crippen LogP contribution in [0.15, 0.2) is 12.3 Å². The van der Waals surface area contributed by atoms with Crippen molar-refractivity contribution in [1.29, 1.82) is 0 Å². The number of amides is 2. The first-order valence-corrected chi connectivity index (χ1v) is 7.56. The normalized spacial score (nSPS) is 20.7. The molecule has 7 heteroatoms. The van der Waals surface area contributed by atoms with Crippen LogP contribution in [0.3, 0.4) is 0 Å². The van der Waals surface area contributed by atoms with Crippen molar-refractivity contribution in [3.05, 3.63) is 12.3 Å². The van der Waals surface area contributed by atoms with E-state index in [1.165, 1.54) is 22.1 Å². The van der Waals surface area contributed by atoms with Crippen molar-refractivity contribution in [2.45, 2.75) is 25.2 Å². The molecule has 1 saturated heterocycles. The first-order valence-electron chi connectivity index (χ1n) is 7.56. The Morgan fingerprint density at radius 2 is 2.17 bits per heavy atom. The fraction of sp³-hybridized carbons (Fsp3) is 0.625. The third kappa shape index (κ3) is 6.40. The Morgan fingerprint density at radius 1 is 1.43 bits per heavy atom. The molecule has 1 aliphatic heterocycles. The van der Waals surface area contributed by atoms with E-state index in [0.29, 0.717) is 25.9 Å². The summed E-state index contributed by atoms with van der Waals surface area (Å²) in [6.07, 6.45) is 9.69. The zero-order valence-corrected chi connectivity index (χ0v) is 13.7. The lowest BCUT2D eigenvalue weighted by Gasteiger charge is -2.23. The number of ether oxygens (including phenoxy) is 1. The second kappa shape index (κ2) is 10.0. The van der Waals surface area contributed by atoms with Crippen LogP contribution >= 0.6 is 0 Å². The van der Waals surface area contributed by atoms with Gasteiger partial charge in [-0.2, -0.15) is 0 Å². The van der Waals surface area contributed by atoms with Gasteiger partial charge in [0.25, 0.3) is 0 Å². The molecule has 128 valence electrons. The molecule has 0 radical (unpaired) electrons. The number of nitrogens with zero attached hydrogens (tertiary/aromatic N) is 3. The quantitative estimate of drug-likeness (QED) is 0.351. The number of carbonyl (C=O) groups is 2. The van der Waals surface area contributed by atoms with E-state index in [0.717, 1.165) is 6.42 Å². The lowest BCUT2D eigenvalue weighted by molar-refractivity contribution is -0.126. The van der Waals surface area contributed by atoms with E-state index in [9.17, 15) is 9.59 Å². The first-order chi connectivity index (χ1) is 11.0. The molecule has 1 heterocycles. The van der Waals surface area contributed by atoms with Crippen molar-refractivity contribution in [2.24, 2.45) is 0 Å². The van der Waals surface area contributed by atoms with Crippen LogP contribution in [0.25, 0.3) is 0 Å². The molecule has 0 aromatic rings. The largest absolute Gasteiger partial charge is 0.395 e. The summed E-state index contributed by atoms with van der Waals surface area (Å²) in [7, 11) is 3.50. The summed E-state index contributed by atoms with van der Waals surface area (Å²) in [5, 5.41) is 8.90. The molecule has 1 fully saturated rings. The summed E-state index contributed by atoms with van der Waals surface area (Å²) in [5.41, 5.74) is 0. The van der Waals surface area contributed by atoms with Crippen LogP contribution in [-0.4, -0.2) is 84.8 Å². The van der Waals surface area contributed by atoms with Crippen molar-refractivity contribution in [2.75, 3.05) is 40.3 Å². The summed E-state index contributed by atoms with van der Waals surface area (Å²) in [6, 6.07) is 0. The predicted molar refractivity (Wildman–Crippen MR) is 86.0 cm³/mol. The zero-order chi connectivity index (χ0) is 17.2. The Kier molecular flexibility index (Phi) is 8.33. The fourth-order valence-electron chi connectivity index (χ4n) is 2.34. The standard InChI is InChI=1S/C16H25N3O4/c1-4-8-18(3)15(22)7-9-19(13-21)16-6-5-14(23-16)12-17(2)10-11-20/h1,7,9,13-14,16,20H,5-6,8,10-12H2,2-3H3/b9-7-. The molecule has 0 bridgehead atoms. The van der Waals surface area contributed by atoms with Crippen LogP contribution in [-0.2, 0) is 14.3 Å². The molecule has 0 spiro atoms. The monoisotopic (exact) mass is 323 g/mol. The average molecular weight is 323 g/mol. The van der Waals surface area contributed by atoms with Crippen LogP contribution in [0.4, 0.5) is 0 Å². The van der Waals surface area contributed by atoms with Gasteiger partial charge in [-0.15, -0.1) is 6.42 Å². The molecule has 2 amide bonds. The lowest BCUT2D eigenvalue weighted by Crippen LogP contribution is -2.34. The highest BCUT2D eigenvalue weighted by molar-refractivity contribution is 5.87. The van der Waals surface area contributed by atoms with E-state index in [-0.39, 0.29) is 31.4 Å². The highest BCUT2D eigenvalue weighted by Gasteiger charge is 2.29. The molecular weight excluding hydrogens is 298 g/mol. The summed E-state index contributed by atoms with van der Waals surface area (Å²) >= 11 is 0. The van der Waals surface area contributed by atoms with Gasteiger partial charge in [-0.25, -0.2) is 0 Å². The van der Waals surface area contributed by atoms with Crippen molar-refractivity contribution in [3.63, 3.8) is 0 Å². The summed E-state index contributed by atoms with van der Waals surface area (Å²) < 4.78 is 5.83. The number of likely N-dealkylation sites (N-methyl/N-ethyl adjacent to an activating group) is 2. The molecule has 1 N–H and O–H groups in total. The number of aliphatic hydroxyl groups is 1. The van der Waals surface area contributed by atoms with E-state index in [1.807, 2.05) is 11.9 Å². The van der Waals surface area contributed by atoms with Crippen molar-refractivity contribution in [3.8, 4) is 12.3 Å². The number of terminal acetylenes is 1. The third-order valence-electron chi connectivity index (χ3n) is 3.63. The van der Waals surface area contributed by atoms with Crippen LogP contribution in [0, 0.1) is 12.3 Å². The Hall–Kier alpha value is -1.88. The van der Waals surface area contributed by atoms with Gasteiger partial charge in [0.1, 0.15) is 6.23 Å². The molecule has 2 unspecified atom stereocenters. The minimum Gasteiger partial charge on any atom is -0.395 e. The SMILES string of the molecule is C#CCN(C)C(=O)/C=C\N(C=O)C1CCC(CN(C)CCO)O1. The number of carbonyl (C=O) groups excluding carboxylic acids is 2. The number of aliphatic hydroxyl groups excluding tert-OH is 1. The fourth-order valence-corrected chi connectivity index (χ4v) is 2.34. The Bertz CT molecular complexity index is 461. The van der Waals surface area contributed by atoms with E-state index in [4.69, 9.17) is 16.3 Å². The van der Waals surface area contributed by atoms with Crippen LogP contribution in [0.5, 0.6) is 0 Å². The summed E-state index contributed by atoms with van der Waals surface area (Å²) in [5.74, 6) is 2.11. The number of hydrogen-bond acceptors (Lipinski definition) is 5. The second-order valence-corrected chi connectivity index (χ2v) is 5.54. The molecule has 1 aliphatic rings. The van der Waals surface area contributed by atoms with Gasteiger partial charge in [-0.05, 0) is 19.9 Å². The molecule has 7 nitrogen and oxygen atoms in total. The molecule has 0 aliphatic carbocycles. The van der Waals surface area contributed by atoms with Gasteiger partial charge in [0.2, 0.25) is 12.3 Å². The molecule has 0 aromatic carbocycles.